The van der Waals surface area contributed by atoms with E-state index < -0.39 is 0 Å². The van der Waals surface area contributed by atoms with Crippen molar-refractivity contribution in [3.63, 3.8) is 0 Å². The van der Waals surface area contributed by atoms with Gasteiger partial charge in [-0.05, 0) is 29.8 Å². The molecule has 3 aliphatic rings. The number of hydrogen-bond donors (Lipinski definition) is 4. The maximum absolute atomic E-state index is 13.0. The second-order valence-corrected chi connectivity index (χ2v) is 8.52. The SMILES string of the molecule is COc1ccc(C(=O)NCCN2C=C(C(=O)NC(C3=NC3)c3ccc4c(c3)OCO4)N[NH2+]2)c(OC)c1OC. The lowest BCUT2D eigenvalue weighted by molar-refractivity contribution is -0.822. The molecule has 2 amide bonds. The minimum Gasteiger partial charge on any atom is -0.493 e. The van der Waals surface area contributed by atoms with Gasteiger partial charge in [-0.1, -0.05) is 6.07 Å². The predicted octanol–water partition coefficient (Wildman–Crippen LogP) is -0.377. The third-order valence-electron chi connectivity index (χ3n) is 6.21. The zero-order valence-corrected chi connectivity index (χ0v) is 21.2. The topological polar surface area (TPSA) is 149 Å². The minimum absolute atomic E-state index is 0.182. The molecule has 2 aromatic carbocycles. The van der Waals surface area contributed by atoms with Crippen LogP contribution in [-0.2, 0) is 4.79 Å². The van der Waals surface area contributed by atoms with Crippen molar-refractivity contribution < 1.29 is 38.8 Å². The smallest absolute Gasteiger partial charge is 0.275 e. The molecule has 0 fully saturated rings. The fourth-order valence-corrected chi connectivity index (χ4v) is 4.21. The van der Waals surface area contributed by atoms with Crippen LogP contribution in [-0.4, -0.2) is 70.3 Å². The molecule has 200 valence electrons. The lowest BCUT2D eigenvalue weighted by atomic mass is 10.0. The maximum Gasteiger partial charge on any atom is 0.275 e. The Labute approximate surface area is 218 Å². The molecule has 3 heterocycles. The van der Waals surface area contributed by atoms with Crippen LogP contribution >= 0.6 is 0 Å². The molecule has 0 saturated heterocycles. The number of hydrogen-bond acceptors (Lipinski definition) is 10. The molecule has 5 N–H and O–H groups in total. The van der Waals surface area contributed by atoms with E-state index in [9.17, 15) is 9.59 Å². The van der Waals surface area contributed by atoms with E-state index >= 15 is 0 Å². The van der Waals surface area contributed by atoms with Gasteiger partial charge >= 0.3 is 0 Å². The Kier molecular flexibility index (Phi) is 7.09. The van der Waals surface area contributed by atoms with E-state index in [-0.39, 0.29) is 30.4 Å². The summed E-state index contributed by atoms with van der Waals surface area (Å²) in [5.41, 5.74) is 7.11. The Hall–Kier alpha value is -4.65. The summed E-state index contributed by atoms with van der Waals surface area (Å²) in [7, 11) is 4.45. The van der Waals surface area contributed by atoms with Crippen LogP contribution in [0.4, 0.5) is 0 Å². The number of benzene rings is 2. The number of quaternary nitrogens is 1. The number of ether oxygens (including phenoxy) is 5. The van der Waals surface area contributed by atoms with Gasteiger partial charge in [0.25, 0.3) is 11.8 Å². The summed E-state index contributed by atoms with van der Waals surface area (Å²) in [6, 6.07) is 8.48. The van der Waals surface area contributed by atoms with Crippen LogP contribution in [0.3, 0.4) is 0 Å². The van der Waals surface area contributed by atoms with E-state index in [1.807, 2.05) is 18.2 Å². The van der Waals surface area contributed by atoms with Gasteiger partial charge < -0.3 is 34.3 Å². The number of nitrogens with one attached hydrogen (secondary N) is 3. The fourth-order valence-electron chi connectivity index (χ4n) is 4.21. The molecule has 1 unspecified atom stereocenters. The van der Waals surface area contributed by atoms with Crippen LogP contribution in [0.25, 0.3) is 0 Å². The Morgan fingerprint density at radius 2 is 1.87 bits per heavy atom. The number of nitrogens with two attached hydrogens (primary N) is 1. The summed E-state index contributed by atoms with van der Waals surface area (Å²) in [5.74, 6) is 1.81. The van der Waals surface area contributed by atoms with Gasteiger partial charge in [-0.2, -0.15) is 0 Å². The molecule has 13 nitrogen and oxygen atoms in total. The van der Waals surface area contributed by atoms with Crippen LogP contribution in [0.5, 0.6) is 28.7 Å². The molecule has 0 radical (unpaired) electrons. The lowest BCUT2D eigenvalue weighted by Gasteiger charge is -2.16. The molecule has 0 aromatic heterocycles. The van der Waals surface area contributed by atoms with Crippen molar-refractivity contribution in [2.24, 2.45) is 4.99 Å². The highest BCUT2D eigenvalue weighted by Gasteiger charge is 2.31. The van der Waals surface area contributed by atoms with Gasteiger partial charge in [0, 0.05) is 6.54 Å². The number of fused-ring (bicyclic) bond motifs is 1. The van der Waals surface area contributed by atoms with E-state index in [0.29, 0.717) is 53.9 Å². The molecule has 2 aromatic rings. The average Bonchev–Trinajstić information content (AvgIpc) is 3.47. The Morgan fingerprint density at radius 1 is 1.08 bits per heavy atom. The van der Waals surface area contributed by atoms with E-state index in [4.69, 9.17) is 23.7 Å². The molecule has 13 heteroatoms. The molecule has 1 atom stereocenters. The summed E-state index contributed by atoms with van der Waals surface area (Å²) in [5, 5.41) is 7.67. The van der Waals surface area contributed by atoms with Crippen molar-refractivity contribution in [3.05, 3.63) is 53.4 Å². The van der Waals surface area contributed by atoms with Crippen LogP contribution < -0.4 is 45.3 Å². The molecule has 5 rings (SSSR count). The summed E-state index contributed by atoms with van der Waals surface area (Å²) in [4.78, 5) is 30.1. The first kappa shape index (κ1) is 25.0. The molecule has 0 saturated carbocycles. The Morgan fingerprint density at radius 3 is 2.61 bits per heavy atom. The molecule has 38 heavy (non-hydrogen) atoms. The molecule has 0 aliphatic carbocycles. The summed E-state index contributed by atoms with van der Waals surface area (Å²) >= 11 is 0. The number of carbonyl (C=O) groups is 2. The second kappa shape index (κ2) is 10.8. The van der Waals surface area contributed by atoms with Crippen LogP contribution in [0.1, 0.15) is 22.0 Å². The highest BCUT2D eigenvalue weighted by molar-refractivity contribution is 6.05. The van der Waals surface area contributed by atoms with Gasteiger partial charge in [0.1, 0.15) is 0 Å². The van der Waals surface area contributed by atoms with E-state index in [1.165, 1.54) is 21.3 Å². The van der Waals surface area contributed by atoms with Crippen LogP contribution in [0, 0.1) is 0 Å². The van der Waals surface area contributed by atoms with Gasteiger partial charge in [0.05, 0.1) is 57.9 Å². The summed E-state index contributed by atoms with van der Waals surface area (Å²) in [6.45, 7) is 1.54. The number of rotatable bonds is 11. The number of carbonyl (C=O) groups excluding carboxylic acids is 2. The fraction of sp³-hybridized carbons (Fsp3) is 0.320. The second-order valence-electron chi connectivity index (χ2n) is 8.52. The van der Waals surface area contributed by atoms with Crippen molar-refractivity contribution in [1.82, 2.24) is 21.1 Å². The number of amides is 2. The third kappa shape index (κ3) is 5.09. The van der Waals surface area contributed by atoms with E-state index in [2.05, 4.69) is 21.1 Å². The normalized spacial score (nSPS) is 15.6. The molecular formula is C25H29N6O7+. The zero-order chi connectivity index (χ0) is 26.6. The van der Waals surface area contributed by atoms with Gasteiger partial charge in [-0.25, -0.2) is 10.4 Å². The maximum atomic E-state index is 13.0. The predicted molar refractivity (Wildman–Crippen MR) is 134 cm³/mol. The van der Waals surface area contributed by atoms with Gasteiger partial charge in [-0.3, -0.25) is 14.6 Å². The molecule has 0 spiro atoms. The quantitative estimate of drug-likeness (QED) is 0.288. The monoisotopic (exact) mass is 525 g/mol. The highest BCUT2D eigenvalue weighted by Crippen LogP contribution is 2.39. The van der Waals surface area contributed by atoms with E-state index in [1.54, 1.807) is 28.9 Å². The van der Waals surface area contributed by atoms with Crippen molar-refractivity contribution in [2.45, 2.75) is 6.04 Å². The van der Waals surface area contributed by atoms with Gasteiger partial charge in [0.15, 0.2) is 28.7 Å². The first-order chi connectivity index (χ1) is 18.5. The molecular weight excluding hydrogens is 496 g/mol. The van der Waals surface area contributed by atoms with Crippen molar-refractivity contribution >= 4 is 17.5 Å². The van der Waals surface area contributed by atoms with E-state index in [0.717, 1.165) is 11.3 Å². The number of methoxy groups -OCH3 is 3. The standard InChI is InChI=1S/C25H28N6O7/c1-34-19-7-5-15(22(35-2)23(19)36-3)24(32)26-8-9-31-12-17(29-30-31)25(33)28-21(16-11-27-16)14-4-6-18-20(10-14)38-13-37-18/h4-7,10,12,21,29-30H,8-9,11,13H2,1-3H3,(H,26,32)(H,28,33)/p+1. The molecule has 3 aliphatic heterocycles. The number of aliphatic imine (C=N–C) groups is 1. The van der Waals surface area contributed by atoms with Crippen molar-refractivity contribution in [1.29, 1.82) is 0 Å². The van der Waals surface area contributed by atoms with Gasteiger partial charge in [-0.15, -0.1) is 5.53 Å². The first-order valence-electron chi connectivity index (χ1n) is 11.9. The van der Waals surface area contributed by atoms with Crippen LogP contribution in [0.2, 0.25) is 0 Å². The summed E-state index contributed by atoms with van der Waals surface area (Å²) in [6.07, 6.45) is 1.68. The third-order valence-corrected chi connectivity index (χ3v) is 6.21. The van der Waals surface area contributed by atoms with Gasteiger partial charge in [0.2, 0.25) is 12.5 Å². The van der Waals surface area contributed by atoms with Crippen molar-refractivity contribution in [3.8, 4) is 28.7 Å². The zero-order valence-electron chi connectivity index (χ0n) is 21.2. The van der Waals surface area contributed by atoms with Crippen molar-refractivity contribution in [2.75, 3.05) is 47.8 Å². The number of nitrogens with zero attached hydrogens (tertiary/aromatic N) is 2. The largest absolute Gasteiger partial charge is 0.493 e. The minimum atomic E-state index is -0.357. The molecule has 0 bridgehead atoms. The lowest BCUT2D eigenvalue weighted by Crippen LogP contribution is -2.97. The van der Waals surface area contributed by atoms with Crippen LogP contribution in [0.15, 0.2) is 47.2 Å². The first-order valence-corrected chi connectivity index (χ1v) is 11.9. The average molecular weight is 526 g/mol. The Balaban J connectivity index is 1.17. The summed E-state index contributed by atoms with van der Waals surface area (Å²) < 4.78 is 26.8. The Bertz CT molecular complexity index is 1310. The highest BCUT2D eigenvalue weighted by atomic mass is 16.7.